The normalized spacial score (nSPS) is 22.9. The fourth-order valence-electron chi connectivity index (χ4n) is 2.57. The molecule has 1 N–H and O–H groups in total. The van der Waals surface area contributed by atoms with E-state index in [1.807, 2.05) is 23.9 Å². The molecule has 0 aromatic carbocycles. The smallest absolute Gasteiger partial charge is 0.236 e. The summed E-state index contributed by atoms with van der Waals surface area (Å²) >= 11 is 0. The number of hydrogen-bond acceptors (Lipinski definition) is 3. The van der Waals surface area contributed by atoms with Gasteiger partial charge in [0.2, 0.25) is 5.91 Å². The highest BCUT2D eigenvalue weighted by Crippen LogP contribution is 2.21. The summed E-state index contributed by atoms with van der Waals surface area (Å²) in [5.41, 5.74) is 0. The minimum Gasteiger partial charge on any atom is -0.341 e. The lowest BCUT2D eigenvalue weighted by Gasteiger charge is -2.37. The number of rotatable bonds is 4. The number of nitrogens with zero attached hydrogens (tertiary/aromatic N) is 2. The highest BCUT2D eigenvalue weighted by Gasteiger charge is 2.26. The topological polar surface area (TPSA) is 35.6 Å². The summed E-state index contributed by atoms with van der Waals surface area (Å²) < 4.78 is 0. The second-order valence-electron chi connectivity index (χ2n) is 5.69. The van der Waals surface area contributed by atoms with E-state index in [0.717, 1.165) is 32.0 Å². The molecule has 98 valence electrons. The Morgan fingerprint density at radius 1 is 1.18 bits per heavy atom. The summed E-state index contributed by atoms with van der Waals surface area (Å²) in [6.07, 6.45) is 6.32. The van der Waals surface area contributed by atoms with Crippen molar-refractivity contribution in [1.29, 1.82) is 0 Å². The Kier molecular flexibility index (Phi) is 4.40. The molecule has 1 saturated carbocycles. The molecule has 2 rings (SSSR count). The van der Waals surface area contributed by atoms with Gasteiger partial charge < -0.3 is 15.1 Å². The van der Waals surface area contributed by atoms with Gasteiger partial charge in [-0.25, -0.2) is 0 Å². The molecule has 0 aromatic heterocycles. The molecule has 0 atom stereocenters. The summed E-state index contributed by atoms with van der Waals surface area (Å²) in [6.45, 7) is 2.40. The lowest BCUT2D eigenvalue weighted by atomic mass is 9.91. The maximum Gasteiger partial charge on any atom is 0.236 e. The second kappa shape index (κ2) is 5.83. The van der Waals surface area contributed by atoms with Crippen LogP contribution in [0.25, 0.3) is 0 Å². The Labute approximate surface area is 104 Å². The molecule has 1 heterocycles. The standard InChI is InChI=1S/C13H25N3O/c1-15(2)10-13(17)16-8-6-12(7-9-16)14-11-4-3-5-11/h11-12,14H,3-10H2,1-2H3. The average Bonchev–Trinajstić information content (AvgIpc) is 2.23. The minimum atomic E-state index is 0.275. The quantitative estimate of drug-likeness (QED) is 0.784. The van der Waals surface area contributed by atoms with Gasteiger partial charge in [0.15, 0.2) is 0 Å². The monoisotopic (exact) mass is 239 g/mol. The number of likely N-dealkylation sites (tertiary alicyclic amines) is 1. The Balaban J connectivity index is 1.67. The number of hydrogen-bond donors (Lipinski definition) is 1. The second-order valence-corrected chi connectivity index (χ2v) is 5.69. The van der Waals surface area contributed by atoms with Crippen molar-refractivity contribution >= 4 is 5.91 Å². The number of likely N-dealkylation sites (N-methyl/N-ethyl adjacent to an activating group) is 1. The van der Waals surface area contributed by atoms with E-state index in [0.29, 0.717) is 12.6 Å². The van der Waals surface area contributed by atoms with Gasteiger partial charge in [0.1, 0.15) is 0 Å². The Morgan fingerprint density at radius 3 is 2.24 bits per heavy atom. The highest BCUT2D eigenvalue weighted by molar-refractivity contribution is 5.78. The minimum absolute atomic E-state index is 0.275. The lowest BCUT2D eigenvalue weighted by molar-refractivity contribution is -0.133. The van der Waals surface area contributed by atoms with Crippen LogP contribution in [0.15, 0.2) is 0 Å². The van der Waals surface area contributed by atoms with Crippen LogP contribution in [0.3, 0.4) is 0 Å². The molecular weight excluding hydrogens is 214 g/mol. The third-order valence-electron chi connectivity index (χ3n) is 3.88. The van der Waals surface area contributed by atoms with Gasteiger partial charge in [-0.05, 0) is 39.8 Å². The summed E-state index contributed by atoms with van der Waals surface area (Å²) in [6, 6.07) is 1.41. The number of carbonyl (C=O) groups excluding carboxylic acids is 1. The summed E-state index contributed by atoms with van der Waals surface area (Å²) in [5, 5.41) is 3.71. The molecule has 0 aromatic rings. The highest BCUT2D eigenvalue weighted by atomic mass is 16.2. The van der Waals surface area contributed by atoms with E-state index in [9.17, 15) is 4.79 Å². The Morgan fingerprint density at radius 2 is 1.76 bits per heavy atom. The zero-order chi connectivity index (χ0) is 12.3. The number of carbonyl (C=O) groups is 1. The van der Waals surface area contributed by atoms with Crippen LogP contribution in [-0.4, -0.2) is 61.5 Å². The van der Waals surface area contributed by atoms with Gasteiger partial charge >= 0.3 is 0 Å². The molecule has 1 aliphatic carbocycles. The van der Waals surface area contributed by atoms with E-state index in [-0.39, 0.29) is 5.91 Å². The molecule has 0 unspecified atom stereocenters. The van der Waals surface area contributed by atoms with Crippen molar-refractivity contribution in [3.63, 3.8) is 0 Å². The molecular formula is C13H25N3O. The van der Waals surface area contributed by atoms with E-state index in [2.05, 4.69) is 5.32 Å². The first kappa shape index (κ1) is 12.8. The predicted molar refractivity (Wildman–Crippen MR) is 68.9 cm³/mol. The number of piperidine rings is 1. The van der Waals surface area contributed by atoms with Gasteiger partial charge in [0, 0.05) is 25.2 Å². The summed E-state index contributed by atoms with van der Waals surface area (Å²) in [7, 11) is 3.89. The van der Waals surface area contributed by atoms with Crippen molar-refractivity contribution in [3.8, 4) is 0 Å². The zero-order valence-corrected chi connectivity index (χ0v) is 11.1. The van der Waals surface area contributed by atoms with E-state index in [1.54, 1.807) is 0 Å². The van der Waals surface area contributed by atoms with E-state index >= 15 is 0 Å². The molecule has 0 spiro atoms. The van der Waals surface area contributed by atoms with Crippen LogP contribution < -0.4 is 5.32 Å². The fraction of sp³-hybridized carbons (Fsp3) is 0.923. The first-order chi connectivity index (χ1) is 8.15. The molecule has 4 heteroatoms. The SMILES string of the molecule is CN(C)CC(=O)N1CCC(NC2CCC2)CC1. The van der Waals surface area contributed by atoms with Gasteiger partial charge in [-0.2, -0.15) is 0 Å². The average molecular weight is 239 g/mol. The van der Waals surface area contributed by atoms with Crippen molar-refractivity contribution in [3.05, 3.63) is 0 Å². The van der Waals surface area contributed by atoms with Crippen molar-refractivity contribution in [2.45, 2.75) is 44.2 Å². The van der Waals surface area contributed by atoms with Crippen LogP contribution in [0, 0.1) is 0 Å². The van der Waals surface area contributed by atoms with E-state index in [1.165, 1.54) is 19.3 Å². The van der Waals surface area contributed by atoms with Crippen molar-refractivity contribution in [2.24, 2.45) is 0 Å². The number of nitrogens with one attached hydrogen (secondary N) is 1. The largest absolute Gasteiger partial charge is 0.341 e. The van der Waals surface area contributed by atoms with E-state index in [4.69, 9.17) is 0 Å². The van der Waals surface area contributed by atoms with Crippen molar-refractivity contribution < 1.29 is 4.79 Å². The van der Waals surface area contributed by atoms with Gasteiger partial charge in [-0.3, -0.25) is 4.79 Å². The van der Waals surface area contributed by atoms with Gasteiger partial charge in [-0.1, -0.05) is 6.42 Å². The van der Waals surface area contributed by atoms with Crippen LogP contribution in [0.1, 0.15) is 32.1 Å². The molecule has 2 aliphatic rings. The van der Waals surface area contributed by atoms with E-state index < -0.39 is 0 Å². The van der Waals surface area contributed by atoms with Gasteiger partial charge in [0.25, 0.3) is 0 Å². The van der Waals surface area contributed by atoms with Crippen molar-refractivity contribution in [2.75, 3.05) is 33.7 Å². The third-order valence-corrected chi connectivity index (χ3v) is 3.88. The van der Waals surface area contributed by atoms with Crippen molar-refractivity contribution in [1.82, 2.24) is 15.1 Å². The molecule has 1 amide bonds. The summed E-state index contributed by atoms with van der Waals surface area (Å²) in [5.74, 6) is 0.275. The van der Waals surface area contributed by atoms with Crippen LogP contribution in [0.2, 0.25) is 0 Å². The van der Waals surface area contributed by atoms with Gasteiger partial charge in [0.05, 0.1) is 6.54 Å². The molecule has 1 aliphatic heterocycles. The first-order valence-electron chi connectivity index (χ1n) is 6.83. The van der Waals surface area contributed by atoms with Crippen LogP contribution >= 0.6 is 0 Å². The molecule has 17 heavy (non-hydrogen) atoms. The molecule has 0 bridgehead atoms. The molecule has 4 nitrogen and oxygen atoms in total. The number of amides is 1. The fourth-order valence-corrected chi connectivity index (χ4v) is 2.57. The first-order valence-corrected chi connectivity index (χ1v) is 6.83. The zero-order valence-electron chi connectivity index (χ0n) is 11.1. The van der Waals surface area contributed by atoms with Crippen LogP contribution in [-0.2, 0) is 4.79 Å². The van der Waals surface area contributed by atoms with Crippen LogP contribution in [0.4, 0.5) is 0 Å². The maximum absolute atomic E-state index is 11.9. The van der Waals surface area contributed by atoms with Crippen LogP contribution in [0.5, 0.6) is 0 Å². The maximum atomic E-state index is 11.9. The third kappa shape index (κ3) is 3.68. The Bertz CT molecular complexity index is 255. The Hall–Kier alpha value is -0.610. The molecule has 2 fully saturated rings. The molecule has 1 saturated heterocycles. The molecule has 0 radical (unpaired) electrons. The van der Waals surface area contributed by atoms with Gasteiger partial charge in [-0.15, -0.1) is 0 Å². The predicted octanol–water partition coefficient (Wildman–Crippen LogP) is 0.681. The lowest BCUT2D eigenvalue weighted by Crippen LogP contribution is -2.50. The summed E-state index contributed by atoms with van der Waals surface area (Å²) in [4.78, 5) is 15.8.